The van der Waals surface area contributed by atoms with E-state index in [2.05, 4.69) is 33.8 Å². The summed E-state index contributed by atoms with van der Waals surface area (Å²) in [5, 5.41) is 0. The molecule has 1 aliphatic heterocycles. The summed E-state index contributed by atoms with van der Waals surface area (Å²) in [6, 6.07) is 8.68. The number of aryl methyl sites for hydroxylation is 1. The number of hydrogen-bond donors (Lipinski definition) is 0. The van der Waals surface area contributed by atoms with Crippen LogP contribution in [0.25, 0.3) is 0 Å². The van der Waals surface area contributed by atoms with Crippen LogP contribution in [0.3, 0.4) is 0 Å². The molecule has 0 amide bonds. The monoisotopic (exact) mass is 268 g/mol. The number of fused-ring (bicyclic) bond motifs is 2. The van der Waals surface area contributed by atoms with Gasteiger partial charge in [0.1, 0.15) is 6.10 Å². The first-order valence-electron chi connectivity index (χ1n) is 7.64. The smallest absolute Gasteiger partial charge is 0.101 e. The lowest BCUT2D eigenvalue weighted by Crippen LogP contribution is -2.21. The minimum Gasteiger partial charge on any atom is -0.371 e. The fourth-order valence-corrected chi connectivity index (χ4v) is 3.49. The maximum Gasteiger partial charge on any atom is 0.101 e. The molecule has 3 heteroatoms. The number of aromatic nitrogens is 2. The van der Waals surface area contributed by atoms with Gasteiger partial charge in [-0.2, -0.15) is 0 Å². The Morgan fingerprint density at radius 3 is 3.05 bits per heavy atom. The van der Waals surface area contributed by atoms with Crippen molar-refractivity contribution in [2.75, 3.05) is 6.61 Å². The summed E-state index contributed by atoms with van der Waals surface area (Å²) in [7, 11) is 0. The highest BCUT2D eigenvalue weighted by Gasteiger charge is 2.23. The average molecular weight is 268 g/mol. The Balaban J connectivity index is 1.62. The maximum atomic E-state index is 6.02. The maximum absolute atomic E-state index is 6.02. The molecule has 0 fully saturated rings. The Bertz CT molecular complexity index is 617. The van der Waals surface area contributed by atoms with E-state index in [1.54, 1.807) is 0 Å². The van der Waals surface area contributed by atoms with Crippen LogP contribution < -0.4 is 0 Å². The summed E-state index contributed by atoms with van der Waals surface area (Å²) in [5.41, 5.74) is 5.54. The van der Waals surface area contributed by atoms with E-state index in [0.717, 1.165) is 26.0 Å². The van der Waals surface area contributed by atoms with Crippen molar-refractivity contribution in [1.82, 2.24) is 9.55 Å². The molecule has 0 spiro atoms. The lowest BCUT2D eigenvalue weighted by atomic mass is 9.97. The zero-order valence-corrected chi connectivity index (χ0v) is 11.7. The van der Waals surface area contributed by atoms with Gasteiger partial charge in [-0.25, -0.2) is 4.98 Å². The molecule has 4 rings (SSSR count). The quantitative estimate of drug-likeness (QED) is 0.837. The van der Waals surface area contributed by atoms with Gasteiger partial charge in [0.15, 0.2) is 0 Å². The molecule has 1 atom stereocenters. The predicted molar refractivity (Wildman–Crippen MR) is 77.7 cm³/mol. The Morgan fingerprint density at radius 1 is 1.15 bits per heavy atom. The van der Waals surface area contributed by atoms with E-state index in [1.165, 1.54) is 41.8 Å². The van der Waals surface area contributed by atoms with Crippen molar-refractivity contribution >= 4 is 0 Å². The summed E-state index contributed by atoms with van der Waals surface area (Å²) < 4.78 is 8.34. The van der Waals surface area contributed by atoms with Gasteiger partial charge in [0.25, 0.3) is 0 Å². The minimum absolute atomic E-state index is 0.181. The number of nitrogens with zero attached hydrogens (tertiary/aromatic N) is 2. The summed E-state index contributed by atoms with van der Waals surface area (Å²) in [6.45, 7) is 1.73. The normalized spacial score (nSPS) is 21.3. The first-order chi connectivity index (χ1) is 9.92. The average Bonchev–Trinajstić information content (AvgIpc) is 2.91. The molecule has 104 valence electrons. The third-order valence-electron chi connectivity index (χ3n) is 4.56. The van der Waals surface area contributed by atoms with Gasteiger partial charge < -0.3 is 9.30 Å². The fraction of sp³-hybridized carbons (Fsp3) is 0.471. The Morgan fingerprint density at radius 2 is 2.05 bits per heavy atom. The first kappa shape index (κ1) is 12.2. The number of benzene rings is 1. The Kier molecular flexibility index (Phi) is 3.07. The van der Waals surface area contributed by atoms with E-state index in [0.29, 0.717) is 0 Å². The van der Waals surface area contributed by atoms with Gasteiger partial charge in [-0.15, -0.1) is 0 Å². The lowest BCUT2D eigenvalue weighted by Gasteiger charge is -2.27. The molecule has 20 heavy (non-hydrogen) atoms. The second kappa shape index (κ2) is 5.06. The summed E-state index contributed by atoms with van der Waals surface area (Å²) in [6.07, 6.45) is 8.12. The molecular weight excluding hydrogens is 248 g/mol. The van der Waals surface area contributed by atoms with E-state index in [1.807, 2.05) is 6.33 Å². The van der Waals surface area contributed by atoms with Crippen molar-refractivity contribution in [3.63, 3.8) is 0 Å². The van der Waals surface area contributed by atoms with Crippen LogP contribution in [-0.4, -0.2) is 16.2 Å². The van der Waals surface area contributed by atoms with Crippen LogP contribution >= 0.6 is 0 Å². The van der Waals surface area contributed by atoms with Crippen molar-refractivity contribution in [2.24, 2.45) is 0 Å². The van der Waals surface area contributed by atoms with Gasteiger partial charge in [0.05, 0.1) is 25.2 Å². The van der Waals surface area contributed by atoms with Gasteiger partial charge in [-0.1, -0.05) is 24.3 Å². The van der Waals surface area contributed by atoms with Crippen LogP contribution in [-0.2, 0) is 30.5 Å². The van der Waals surface area contributed by atoms with Crippen molar-refractivity contribution in [3.05, 3.63) is 53.1 Å². The Hall–Kier alpha value is -1.61. The number of imidazole rings is 1. The van der Waals surface area contributed by atoms with Crippen LogP contribution in [0, 0.1) is 0 Å². The molecule has 0 N–H and O–H groups in total. The van der Waals surface area contributed by atoms with Gasteiger partial charge >= 0.3 is 0 Å². The van der Waals surface area contributed by atoms with Crippen molar-refractivity contribution in [3.8, 4) is 0 Å². The van der Waals surface area contributed by atoms with Gasteiger partial charge in [0.2, 0.25) is 0 Å². The van der Waals surface area contributed by atoms with Gasteiger partial charge in [0, 0.05) is 5.69 Å². The molecular formula is C17H20N2O. The second-order valence-corrected chi connectivity index (χ2v) is 5.81. The van der Waals surface area contributed by atoms with Crippen LogP contribution in [0.2, 0.25) is 0 Å². The minimum atomic E-state index is 0.181. The zero-order chi connectivity index (χ0) is 13.4. The zero-order valence-electron chi connectivity index (χ0n) is 11.7. The molecule has 1 aromatic carbocycles. The molecule has 2 aliphatic rings. The van der Waals surface area contributed by atoms with E-state index in [4.69, 9.17) is 4.74 Å². The van der Waals surface area contributed by atoms with Gasteiger partial charge in [-0.05, 0) is 43.2 Å². The van der Waals surface area contributed by atoms with Gasteiger partial charge in [-0.3, -0.25) is 0 Å². The number of hydrogen-bond acceptors (Lipinski definition) is 2. The topological polar surface area (TPSA) is 27.1 Å². The number of ether oxygens (including phenoxy) is 1. The van der Waals surface area contributed by atoms with Crippen LogP contribution in [0.5, 0.6) is 0 Å². The van der Waals surface area contributed by atoms with E-state index < -0.39 is 0 Å². The van der Waals surface area contributed by atoms with Crippen LogP contribution in [0.1, 0.15) is 41.5 Å². The van der Waals surface area contributed by atoms with E-state index in [9.17, 15) is 0 Å². The largest absolute Gasteiger partial charge is 0.371 e. The molecule has 3 nitrogen and oxygen atoms in total. The number of rotatable bonds is 2. The highest BCUT2D eigenvalue weighted by atomic mass is 16.5. The molecule has 2 heterocycles. The predicted octanol–water partition coefficient (Wildman–Crippen LogP) is 3.08. The van der Waals surface area contributed by atoms with Crippen molar-refractivity contribution < 1.29 is 4.74 Å². The summed E-state index contributed by atoms with van der Waals surface area (Å²) in [5.74, 6) is 0. The molecule has 0 bridgehead atoms. The Labute approximate surface area is 119 Å². The molecule has 1 aliphatic carbocycles. The van der Waals surface area contributed by atoms with Crippen molar-refractivity contribution in [2.45, 2.75) is 44.8 Å². The highest BCUT2D eigenvalue weighted by molar-refractivity contribution is 5.31. The van der Waals surface area contributed by atoms with E-state index >= 15 is 0 Å². The molecule has 1 unspecified atom stereocenters. The van der Waals surface area contributed by atoms with E-state index in [-0.39, 0.29) is 6.10 Å². The summed E-state index contributed by atoms with van der Waals surface area (Å²) >= 11 is 0. The fourth-order valence-electron chi connectivity index (χ4n) is 3.49. The summed E-state index contributed by atoms with van der Waals surface area (Å²) in [4.78, 5) is 4.59. The molecule has 0 radical (unpaired) electrons. The molecule has 0 saturated carbocycles. The van der Waals surface area contributed by atoms with Crippen molar-refractivity contribution in [1.29, 1.82) is 0 Å². The second-order valence-electron chi connectivity index (χ2n) is 5.81. The van der Waals surface area contributed by atoms with Crippen LogP contribution in [0.15, 0.2) is 30.6 Å². The van der Waals surface area contributed by atoms with Crippen LogP contribution in [0.4, 0.5) is 0 Å². The standard InChI is InChI=1S/C17H20N2O/c1-2-6-14-13(5-1)9-10-20-17(14)11-19-12-18-15-7-3-4-8-16(15)19/h1-2,5-6,12,17H,3-4,7-11H2. The molecule has 1 aromatic heterocycles. The lowest BCUT2D eigenvalue weighted by molar-refractivity contribution is 0.0300. The molecule has 0 saturated heterocycles. The first-order valence-corrected chi connectivity index (χ1v) is 7.64. The third-order valence-corrected chi connectivity index (χ3v) is 4.56. The molecule has 2 aromatic rings. The highest BCUT2D eigenvalue weighted by Crippen LogP contribution is 2.30. The SMILES string of the molecule is c1ccc2c(c1)CCOC2Cn1cnc2c1CCCC2. The third kappa shape index (κ3) is 2.06.